The molecule has 0 aromatic heterocycles. The molecule has 2 saturated heterocycles. The molecule has 8 amide bonds. The average molecular weight is 1860 g/mol. The van der Waals surface area contributed by atoms with E-state index in [4.69, 9.17) is 56.2 Å². The molecule has 6 aromatic carbocycles. The van der Waals surface area contributed by atoms with Crippen LogP contribution in [0.2, 0.25) is 5.02 Å². The van der Waals surface area contributed by atoms with Crippen LogP contribution in [0.5, 0.6) is 51.7 Å². The lowest BCUT2D eigenvalue weighted by atomic mass is 9.54. The van der Waals surface area contributed by atoms with Crippen molar-refractivity contribution in [3.8, 4) is 62.9 Å². The number of amides is 8. The van der Waals surface area contributed by atoms with Crippen LogP contribution >= 0.6 is 11.6 Å². The number of aryl methyl sites for hydroxylation is 1. The van der Waals surface area contributed by atoms with Crippen molar-refractivity contribution in [2.75, 3.05) is 33.4 Å². The molecule has 7 heterocycles. The second kappa shape index (κ2) is 41.3. The van der Waals surface area contributed by atoms with Crippen molar-refractivity contribution in [1.82, 2.24) is 52.6 Å². The topological polar surface area (TPSA) is 569 Å². The molecule has 6 aromatic rings. The highest BCUT2D eigenvalue weighted by Gasteiger charge is 2.53. The summed E-state index contributed by atoms with van der Waals surface area (Å²) in [7, 11) is -2.63. The Labute approximate surface area is 762 Å². The van der Waals surface area contributed by atoms with Crippen molar-refractivity contribution in [2.45, 2.75) is 240 Å². The number of carbonyl (C=O) groups excluding carboxylic acids is 8. The molecule has 15 bridgehead atoms. The van der Waals surface area contributed by atoms with Crippen LogP contribution in [0.25, 0.3) is 11.1 Å². The van der Waals surface area contributed by atoms with Gasteiger partial charge in [0.15, 0.2) is 23.9 Å². The van der Waals surface area contributed by atoms with Gasteiger partial charge in [0.1, 0.15) is 101 Å². The van der Waals surface area contributed by atoms with Crippen LogP contribution in [0.15, 0.2) is 102 Å². The van der Waals surface area contributed by atoms with E-state index in [1.807, 2.05) is 20.8 Å². The number of aromatic hydroxyl groups is 3. The molecule has 18 atom stereocenters. The summed E-state index contributed by atoms with van der Waals surface area (Å²) in [6.45, 7) is 9.61. The standard InChI is InChI=1S/C92H117ClN12O25S/c1-8-9-10-11-24-124-53-15-17-54(18-16-53)131(122,123)98-23-22-97-39-57-63(108)36-56-71(80(57)112)55-32-47(12-19-62(55)107)73-87(117)105-77(91(121)103-75(56)89(119)100-72-50-28-45-27-46(30-50)31-51(72)29-45)79(111)49-14-21-65(58(93)33-49)127-67-35-52-34-66(83(67)130-92-84(82(114)81(113)68(40-106)128-92)129-70-37-59(94)43(5)44(6)125-70)126-64-20-13-48(26-42(64)4)78(110)76(104-85(115)60(96-7)25-41(2)3)90(120)99-61(38-69(95)109)86(116)101-74(52)88(118)102-73/h12-21,26,32-36,41,43-46,50-51,59-61,68,70,72-79,81-82,84,92,96-98,106-108,110-114H,8-11,22-25,27-31,37-40,94H2,1-7H3,(H2,95,109)(H,99,120)(H,100,119)(H,101,116)(H,102,118)(H,103,121)(H,104,115)(H,105,117)/t43-,44+,45?,46?,50?,51?,59+,60-,61+,68-,70+,72?,73-,74-,75+,76-,77+,78-,79-,81-,82+,84-,92+/m1/s1. The number of likely N-dealkylation sites (N-methyl/N-ethyl adjacent to an activating group) is 1. The van der Waals surface area contributed by atoms with E-state index < -0.39 is 238 Å². The van der Waals surface area contributed by atoms with Crippen LogP contribution in [0.1, 0.15) is 181 Å². The van der Waals surface area contributed by atoms with Gasteiger partial charge in [0, 0.05) is 49.3 Å². The zero-order chi connectivity index (χ0) is 93.9. The average Bonchev–Trinajstić information content (AvgIpc) is 0.752. The lowest BCUT2D eigenvalue weighted by Crippen LogP contribution is -2.62. The Morgan fingerprint density at radius 1 is 0.679 bits per heavy atom. The largest absolute Gasteiger partial charge is 0.507 e. The molecular weight excluding hydrogens is 1740 g/mol. The second-order valence-electron chi connectivity index (χ2n) is 36.0. The number of primary amides is 1. The van der Waals surface area contributed by atoms with Crippen molar-refractivity contribution in [1.29, 1.82) is 0 Å². The van der Waals surface area contributed by atoms with Crippen molar-refractivity contribution in [3.05, 3.63) is 141 Å². The number of sulfonamides is 1. The van der Waals surface area contributed by atoms with Crippen LogP contribution in [-0.2, 0) is 69.1 Å². The third-order valence-corrected chi connectivity index (χ3v) is 28.1. The van der Waals surface area contributed by atoms with Crippen molar-refractivity contribution >= 4 is 68.9 Å². The Morgan fingerprint density at radius 3 is 1.98 bits per heavy atom. The number of phenols is 3. The maximum Gasteiger partial charge on any atom is 0.248 e. The predicted molar refractivity (Wildman–Crippen MR) is 472 cm³/mol. The first-order valence-corrected chi connectivity index (χ1v) is 46.4. The number of nitrogens with two attached hydrogens (primary N) is 2. The number of phenolic OH excluding ortho intramolecular Hbond substituents is 3. The van der Waals surface area contributed by atoms with Crippen molar-refractivity contribution < 1.29 is 121 Å². The number of aliphatic hydroxyl groups excluding tert-OH is 5. The Hall–Kier alpha value is -10.6. The maximum atomic E-state index is 16.6. The summed E-state index contributed by atoms with van der Waals surface area (Å²) < 4.78 is 75.3. The number of nitrogens with one attached hydrogen (secondary N) is 10. The monoisotopic (exact) mass is 1860 g/mol. The molecule has 7 aliphatic heterocycles. The predicted octanol–water partition coefficient (Wildman–Crippen LogP) is 4.53. The first kappa shape index (κ1) is 96.5. The maximum absolute atomic E-state index is 16.6. The summed E-state index contributed by atoms with van der Waals surface area (Å²) in [5, 5.41) is 123. The molecule has 39 heteroatoms. The smallest absolute Gasteiger partial charge is 0.248 e. The fourth-order valence-electron chi connectivity index (χ4n) is 19.2. The van der Waals surface area contributed by atoms with Gasteiger partial charge in [-0.3, -0.25) is 38.4 Å². The van der Waals surface area contributed by atoms with Crippen molar-refractivity contribution in [3.63, 3.8) is 0 Å². The summed E-state index contributed by atoms with van der Waals surface area (Å²) in [5.41, 5.74) is 10.2. The van der Waals surface area contributed by atoms with Gasteiger partial charge in [-0.25, -0.2) is 13.1 Å². The molecule has 17 rings (SSSR count). The van der Waals surface area contributed by atoms with Crippen LogP contribution in [-0.4, -0.2) is 209 Å². The lowest BCUT2D eigenvalue weighted by molar-refractivity contribution is -0.328. The molecule has 4 aliphatic carbocycles. The highest BCUT2D eigenvalue weighted by Crippen LogP contribution is 2.55. The molecule has 0 radical (unpaired) electrons. The number of unbranched alkanes of at least 4 members (excludes halogenated alkanes) is 3. The van der Waals surface area contributed by atoms with E-state index in [9.17, 15) is 58.9 Å². The lowest BCUT2D eigenvalue weighted by Gasteiger charge is -2.54. The molecule has 708 valence electrons. The number of halogens is 1. The summed E-state index contributed by atoms with van der Waals surface area (Å²) in [6, 6.07) is 5.36. The summed E-state index contributed by atoms with van der Waals surface area (Å²) in [6.07, 6.45) is -7.74. The zero-order valence-electron chi connectivity index (χ0n) is 73.6. The number of hydrogen-bond donors (Lipinski definition) is 20. The molecule has 22 N–H and O–H groups in total. The zero-order valence-corrected chi connectivity index (χ0v) is 75.1. The number of hydrogen-bond acceptors (Lipinski definition) is 28. The third kappa shape index (κ3) is 21.6. The molecule has 0 spiro atoms. The number of ether oxygens (including phenoxy) is 7. The first-order chi connectivity index (χ1) is 62.5. The Balaban J connectivity index is 0.926. The van der Waals surface area contributed by atoms with Gasteiger partial charge >= 0.3 is 0 Å². The minimum atomic E-state index is -4.13. The SMILES string of the molecule is CCCCCCOc1ccc(S(=O)(=O)NCCNCc2c(O)cc3c(c2O)-c2cc(ccc2O)[C@H]2NC(=O)[C@@H]4NC(=O)[C@H](CC(N)=O)NC(=O)[C@H](NC(=O)[C@@H](CC(C)C)NC)[C@H](O)c5ccc(c(C)c5)Oc5cc4cc(c5O[C@@H]4O[C@H](CO)[C@@H](O)[C@H](O)[C@H]4O[C@H]4C[C@H](N)[C@H](C)[C@H](C)O4)Oc4ccc(cc4Cl)[C@@H](O)[C@H](NC2=O)C(=O)N[C@@H]3C(=O)NC2C3CC4CC(C3)CC2C4)cc1. The van der Waals surface area contributed by atoms with E-state index in [2.05, 4.69) is 59.5 Å². The molecule has 0 unspecified atom stereocenters. The fraction of sp³-hybridized carbons (Fsp3) is 0.522. The van der Waals surface area contributed by atoms with E-state index in [1.165, 1.54) is 56.4 Å². The first-order valence-electron chi connectivity index (χ1n) is 44.6. The number of fused-ring (bicyclic) bond motifs is 15. The van der Waals surface area contributed by atoms with Gasteiger partial charge < -0.3 is 133 Å². The minimum absolute atomic E-state index is 0.0101. The highest BCUT2D eigenvalue weighted by molar-refractivity contribution is 7.89. The number of carbonyl (C=O) groups is 8. The molecule has 6 fully saturated rings. The van der Waals surface area contributed by atoms with Gasteiger partial charge in [0.05, 0.1) is 47.3 Å². The molecule has 37 nitrogen and oxygen atoms in total. The number of aliphatic hydroxyl groups is 5. The summed E-state index contributed by atoms with van der Waals surface area (Å²) >= 11 is 7.33. The quantitative estimate of drug-likeness (QED) is 0.0315. The molecule has 4 saturated carbocycles. The summed E-state index contributed by atoms with van der Waals surface area (Å²) in [5.74, 6) is -12.8. The second-order valence-corrected chi connectivity index (χ2v) is 38.2. The van der Waals surface area contributed by atoms with E-state index in [-0.39, 0.29) is 104 Å². The van der Waals surface area contributed by atoms with Gasteiger partial charge in [-0.05, 0) is 214 Å². The van der Waals surface area contributed by atoms with Crippen LogP contribution < -0.4 is 83.0 Å². The van der Waals surface area contributed by atoms with E-state index in [1.54, 1.807) is 19.1 Å². The molecular formula is C92H117ClN12O25S. The highest BCUT2D eigenvalue weighted by atomic mass is 35.5. The number of benzene rings is 6. The van der Waals surface area contributed by atoms with Gasteiger partial charge in [0.2, 0.25) is 69.3 Å². The van der Waals surface area contributed by atoms with Gasteiger partial charge in [-0.2, -0.15) is 0 Å². The summed E-state index contributed by atoms with van der Waals surface area (Å²) in [4.78, 5) is 124. The van der Waals surface area contributed by atoms with E-state index in [0.29, 0.717) is 24.2 Å². The van der Waals surface area contributed by atoms with Crippen LogP contribution in [0, 0.1) is 42.4 Å². The Kier molecular flexibility index (Phi) is 30.4. The Morgan fingerprint density at radius 2 is 1.34 bits per heavy atom. The third-order valence-electron chi connectivity index (χ3n) is 26.3. The minimum Gasteiger partial charge on any atom is -0.507 e. The van der Waals surface area contributed by atoms with E-state index in [0.717, 1.165) is 100 Å². The Bertz CT molecular complexity index is 5330. The van der Waals surface area contributed by atoms with Crippen molar-refractivity contribution in [2.24, 2.45) is 47.0 Å². The molecule has 131 heavy (non-hydrogen) atoms. The van der Waals surface area contributed by atoms with Gasteiger partial charge in [0.25, 0.3) is 0 Å². The normalized spacial score (nSPS) is 29.1. The fourth-order valence-corrected chi connectivity index (χ4v) is 20.4. The number of rotatable bonds is 27. The van der Waals surface area contributed by atoms with E-state index >= 15 is 28.8 Å². The van der Waals surface area contributed by atoms with Crippen LogP contribution in [0.3, 0.4) is 0 Å². The molecule has 11 aliphatic rings. The van der Waals surface area contributed by atoms with Gasteiger partial charge in [-0.1, -0.05) is 76.8 Å². The van der Waals surface area contributed by atoms with Crippen LogP contribution in [0.4, 0.5) is 0 Å². The van der Waals surface area contributed by atoms with Gasteiger partial charge in [-0.15, -0.1) is 0 Å².